The van der Waals surface area contributed by atoms with Crippen LogP contribution in [0, 0.1) is 52.4 Å². The van der Waals surface area contributed by atoms with Gasteiger partial charge in [0.2, 0.25) is 0 Å². The monoisotopic (exact) mass is 262 g/mol. The number of rotatable bonds is 0. The lowest BCUT2D eigenvalue weighted by Gasteiger charge is -2.14. The third-order valence-electron chi connectivity index (χ3n) is 3.39. The van der Waals surface area contributed by atoms with Crippen LogP contribution in [0.15, 0.2) is 24.8 Å². The van der Waals surface area contributed by atoms with Crippen LogP contribution in [0.2, 0.25) is 0 Å². The second-order valence-corrected chi connectivity index (χ2v) is 4.43. The maximum absolute atomic E-state index is 5.48. The Labute approximate surface area is 121 Å². The van der Waals surface area contributed by atoms with Crippen molar-refractivity contribution in [3.8, 4) is 24.7 Å². The first-order chi connectivity index (χ1) is 9.54. The molecule has 0 saturated carbocycles. The van der Waals surface area contributed by atoms with E-state index in [1.54, 1.807) is 24.8 Å². The van der Waals surface area contributed by atoms with E-state index in [0.29, 0.717) is 0 Å². The fourth-order valence-electron chi connectivity index (χ4n) is 2.00. The summed E-state index contributed by atoms with van der Waals surface area (Å²) in [6.07, 6.45) is 17.5. The highest BCUT2D eigenvalue weighted by Gasteiger charge is 2.11. The first-order valence-electron chi connectivity index (χ1n) is 6.28. The summed E-state index contributed by atoms with van der Waals surface area (Å²) in [5, 5.41) is 0. The lowest BCUT2D eigenvalue weighted by molar-refractivity contribution is 1.20. The van der Waals surface area contributed by atoms with E-state index < -0.39 is 0 Å². The van der Waals surface area contributed by atoms with Gasteiger partial charge >= 0.3 is 0 Å². The fourth-order valence-corrected chi connectivity index (χ4v) is 2.00. The Hall–Kier alpha value is -2.58. The molecule has 0 bridgehead atoms. The van der Waals surface area contributed by atoms with Gasteiger partial charge in [0.05, 0.1) is 0 Å². The van der Waals surface area contributed by atoms with Gasteiger partial charge in [0.1, 0.15) is 0 Å². The average Bonchev–Trinajstić information content (AvgIpc) is 2.49. The molecule has 0 radical (unpaired) electrons. The molecule has 2 rings (SSSR count). The smallest absolute Gasteiger partial charge is 0.0451 e. The van der Waals surface area contributed by atoms with Crippen LogP contribution in [0.5, 0.6) is 0 Å². The van der Waals surface area contributed by atoms with Gasteiger partial charge < -0.3 is 0 Å². The average molecular weight is 262 g/mol. The molecule has 0 fully saturated rings. The third-order valence-corrected chi connectivity index (χ3v) is 3.39. The van der Waals surface area contributed by atoms with Gasteiger partial charge in [-0.05, 0) is 49.9 Å². The molecule has 100 valence electrons. The van der Waals surface area contributed by atoms with E-state index >= 15 is 0 Å². The second kappa shape index (κ2) is 7.12. The predicted molar refractivity (Wildman–Crippen MR) is 83.3 cm³/mol. The predicted octanol–water partition coefficient (Wildman–Crippen LogP) is 3.36. The molecule has 20 heavy (non-hydrogen) atoms. The Bertz CT molecular complexity index is 571. The minimum atomic E-state index is 0.985. The van der Waals surface area contributed by atoms with E-state index in [-0.39, 0.29) is 0 Å². The van der Waals surface area contributed by atoms with Crippen molar-refractivity contribution in [3.63, 3.8) is 0 Å². The Kier molecular flexibility index (Phi) is 5.51. The number of hydrogen-bond donors (Lipinski definition) is 0. The summed E-state index contributed by atoms with van der Waals surface area (Å²) in [6.45, 7) is 8.10. The van der Waals surface area contributed by atoms with Gasteiger partial charge in [-0.3, -0.25) is 9.97 Å². The first kappa shape index (κ1) is 15.5. The molecule has 0 saturated heterocycles. The summed E-state index contributed by atoms with van der Waals surface area (Å²) < 4.78 is 0. The molecule has 2 aromatic rings. The molecule has 0 spiro atoms. The molecule has 0 aliphatic rings. The highest BCUT2D eigenvalue weighted by Crippen LogP contribution is 2.25. The largest absolute Gasteiger partial charge is 0.262 e. The maximum Gasteiger partial charge on any atom is 0.0451 e. The van der Waals surface area contributed by atoms with E-state index in [2.05, 4.69) is 21.8 Å². The van der Waals surface area contributed by atoms with Gasteiger partial charge in [-0.1, -0.05) is 11.8 Å². The SMILES string of the molecule is C#Cc1c(C)c(C)c(C#C)c(C)c1C.c1cnccn1. The molecule has 0 amide bonds. The lowest BCUT2D eigenvalue weighted by Crippen LogP contribution is -2.00. The van der Waals surface area contributed by atoms with Gasteiger partial charge in [-0.2, -0.15) is 0 Å². The zero-order valence-electron chi connectivity index (χ0n) is 12.4. The molecule has 0 N–H and O–H groups in total. The normalized spacial score (nSPS) is 8.90. The second-order valence-electron chi connectivity index (χ2n) is 4.43. The van der Waals surface area contributed by atoms with Gasteiger partial charge in [-0.15, -0.1) is 12.8 Å². The Morgan fingerprint density at radius 2 is 0.900 bits per heavy atom. The molecular weight excluding hydrogens is 244 g/mol. The van der Waals surface area contributed by atoms with Crippen molar-refractivity contribution in [2.24, 2.45) is 0 Å². The number of aromatic nitrogens is 2. The third kappa shape index (κ3) is 3.25. The molecule has 0 aliphatic heterocycles. The zero-order chi connectivity index (χ0) is 15.1. The molecule has 2 nitrogen and oxygen atoms in total. The topological polar surface area (TPSA) is 25.8 Å². The summed E-state index contributed by atoms with van der Waals surface area (Å²) in [4.78, 5) is 7.44. The number of terminal acetylenes is 2. The number of benzene rings is 1. The van der Waals surface area contributed by atoms with Crippen molar-refractivity contribution >= 4 is 0 Å². The van der Waals surface area contributed by atoms with E-state index in [4.69, 9.17) is 12.8 Å². The summed E-state index contributed by atoms with van der Waals surface area (Å²) in [7, 11) is 0. The van der Waals surface area contributed by atoms with Gasteiger partial charge in [0, 0.05) is 35.9 Å². The van der Waals surface area contributed by atoms with Gasteiger partial charge in [0.25, 0.3) is 0 Å². The molecule has 0 atom stereocenters. The summed E-state index contributed by atoms with van der Waals surface area (Å²) in [5.41, 5.74) is 6.48. The van der Waals surface area contributed by atoms with Crippen molar-refractivity contribution < 1.29 is 0 Å². The van der Waals surface area contributed by atoms with E-state index in [0.717, 1.165) is 33.4 Å². The minimum Gasteiger partial charge on any atom is -0.262 e. The van der Waals surface area contributed by atoms with Crippen LogP contribution in [0.3, 0.4) is 0 Å². The van der Waals surface area contributed by atoms with Crippen molar-refractivity contribution in [1.29, 1.82) is 0 Å². The maximum atomic E-state index is 5.48. The van der Waals surface area contributed by atoms with Crippen molar-refractivity contribution in [3.05, 3.63) is 58.2 Å². The van der Waals surface area contributed by atoms with Crippen LogP contribution < -0.4 is 0 Å². The number of nitrogens with zero attached hydrogens (tertiary/aromatic N) is 2. The Balaban J connectivity index is 0.000000276. The number of hydrogen-bond acceptors (Lipinski definition) is 2. The fraction of sp³-hybridized carbons (Fsp3) is 0.222. The molecule has 0 unspecified atom stereocenters. The van der Waals surface area contributed by atoms with E-state index in [1.165, 1.54) is 0 Å². The van der Waals surface area contributed by atoms with Crippen LogP contribution in [0.1, 0.15) is 33.4 Å². The van der Waals surface area contributed by atoms with Crippen LogP contribution >= 0.6 is 0 Å². The highest BCUT2D eigenvalue weighted by molar-refractivity contribution is 5.60. The summed E-state index contributed by atoms with van der Waals surface area (Å²) >= 11 is 0. The summed E-state index contributed by atoms with van der Waals surface area (Å²) in [6, 6.07) is 0. The van der Waals surface area contributed by atoms with E-state index in [1.807, 2.05) is 27.7 Å². The Morgan fingerprint density at radius 3 is 1.05 bits per heavy atom. The molecular formula is C18H18N2. The lowest BCUT2D eigenvalue weighted by atomic mass is 9.89. The quantitative estimate of drug-likeness (QED) is 0.680. The molecule has 1 aromatic heterocycles. The van der Waals surface area contributed by atoms with Crippen LogP contribution in [0.25, 0.3) is 0 Å². The molecule has 2 heteroatoms. The van der Waals surface area contributed by atoms with E-state index in [9.17, 15) is 0 Å². The minimum absolute atomic E-state index is 0.985. The standard InChI is InChI=1S/C14H14.C4H4N2/c1-7-13-9(3)11(5)14(8-2)12(6)10(13)4;1-2-6-4-3-5-1/h1-2H,3-6H3;1-4H. The van der Waals surface area contributed by atoms with Crippen molar-refractivity contribution in [1.82, 2.24) is 9.97 Å². The Morgan fingerprint density at radius 1 is 0.650 bits per heavy atom. The first-order valence-corrected chi connectivity index (χ1v) is 6.28. The molecule has 1 heterocycles. The van der Waals surface area contributed by atoms with Gasteiger partial charge in [0.15, 0.2) is 0 Å². The zero-order valence-corrected chi connectivity index (χ0v) is 12.4. The van der Waals surface area contributed by atoms with Crippen LogP contribution in [-0.4, -0.2) is 9.97 Å². The van der Waals surface area contributed by atoms with Crippen LogP contribution in [0.4, 0.5) is 0 Å². The summed E-state index contributed by atoms with van der Waals surface area (Å²) in [5.74, 6) is 5.46. The molecule has 1 aromatic carbocycles. The van der Waals surface area contributed by atoms with Crippen LogP contribution in [-0.2, 0) is 0 Å². The van der Waals surface area contributed by atoms with Crippen molar-refractivity contribution in [2.75, 3.05) is 0 Å². The highest BCUT2D eigenvalue weighted by atomic mass is 14.7. The molecule has 0 aliphatic carbocycles. The van der Waals surface area contributed by atoms with Gasteiger partial charge in [-0.25, -0.2) is 0 Å². The van der Waals surface area contributed by atoms with Crippen molar-refractivity contribution in [2.45, 2.75) is 27.7 Å².